The molecule has 0 aliphatic carbocycles. The van der Waals surface area contributed by atoms with E-state index in [2.05, 4.69) is 15.4 Å². The highest BCUT2D eigenvalue weighted by Gasteiger charge is 2.06. The summed E-state index contributed by atoms with van der Waals surface area (Å²) >= 11 is 5.14. The van der Waals surface area contributed by atoms with Gasteiger partial charge in [0.25, 0.3) is 0 Å². The lowest BCUT2D eigenvalue weighted by Crippen LogP contribution is -2.19. The Labute approximate surface area is 126 Å². The molecule has 0 heterocycles. The van der Waals surface area contributed by atoms with Crippen molar-refractivity contribution in [1.82, 2.24) is 0 Å². The summed E-state index contributed by atoms with van der Waals surface area (Å²) in [5.41, 5.74) is 1.58. The van der Waals surface area contributed by atoms with Crippen molar-refractivity contribution in [3.63, 3.8) is 0 Å². The van der Waals surface area contributed by atoms with E-state index in [0.29, 0.717) is 22.1 Å². The number of benzene rings is 2. The Balaban J connectivity index is 2.04. The van der Waals surface area contributed by atoms with Crippen molar-refractivity contribution >= 4 is 34.7 Å². The highest BCUT2D eigenvalue weighted by Crippen LogP contribution is 2.13. The monoisotopic (exact) mass is 304 g/mol. The van der Waals surface area contributed by atoms with Crippen LogP contribution in [0.2, 0.25) is 0 Å². The standard InChI is InChI=1S/C15H13FN2O2S/c1-20-14(19)10-4-2-6-12(8-10)17-15(21)18-13-7-3-5-11(16)9-13/h2-9H,1H3,(H2,17,18,21). The van der Waals surface area contributed by atoms with E-state index in [1.165, 1.54) is 19.2 Å². The van der Waals surface area contributed by atoms with Crippen molar-refractivity contribution in [1.29, 1.82) is 0 Å². The molecular weight excluding hydrogens is 291 g/mol. The van der Waals surface area contributed by atoms with E-state index in [9.17, 15) is 9.18 Å². The number of ether oxygens (including phenoxy) is 1. The molecule has 0 unspecified atom stereocenters. The fourth-order valence-electron chi connectivity index (χ4n) is 1.70. The average Bonchev–Trinajstić information content (AvgIpc) is 2.46. The van der Waals surface area contributed by atoms with Gasteiger partial charge in [0.2, 0.25) is 0 Å². The second-order valence-electron chi connectivity index (χ2n) is 4.16. The number of hydrogen-bond donors (Lipinski definition) is 2. The summed E-state index contributed by atoms with van der Waals surface area (Å²) in [5, 5.41) is 6.07. The average molecular weight is 304 g/mol. The quantitative estimate of drug-likeness (QED) is 0.672. The van der Waals surface area contributed by atoms with Crippen molar-refractivity contribution in [2.75, 3.05) is 17.7 Å². The number of thiocarbonyl (C=S) groups is 1. The first-order valence-electron chi connectivity index (χ1n) is 6.10. The van der Waals surface area contributed by atoms with Gasteiger partial charge in [-0.2, -0.15) is 0 Å². The summed E-state index contributed by atoms with van der Waals surface area (Å²) in [4.78, 5) is 11.4. The molecule has 0 fully saturated rings. The van der Waals surface area contributed by atoms with E-state index in [1.54, 1.807) is 36.4 Å². The third-order valence-corrected chi connectivity index (χ3v) is 2.83. The van der Waals surface area contributed by atoms with Crippen LogP contribution in [0.25, 0.3) is 0 Å². The summed E-state index contributed by atoms with van der Waals surface area (Å²) in [6, 6.07) is 12.7. The summed E-state index contributed by atoms with van der Waals surface area (Å²) in [6.07, 6.45) is 0. The maximum atomic E-state index is 13.1. The number of methoxy groups -OCH3 is 1. The molecule has 108 valence electrons. The Morgan fingerprint density at radius 2 is 1.71 bits per heavy atom. The highest BCUT2D eigenvalue weighted by molar-refractivity contribution is 7.80. The van der Waals surface area contributed by atoms with Crippen LogP contribution < -0.4 is 10.6 Å². The van der Waals surface area contributed by atoms with Gasteiger partial charge in [0.1, 0.15) is 5.82 Å². The first-order valence-corrected chi connectivity index (χ1v) is 6.51. The minimum absolute atomic E-state index is 0.294. The van der Waals surface area contributed by atoms with Crippen molar-refractivity contribution in [2.24, 2.45) is 0 Å². The lowest BCUT2D eigenvalue weighted by atomic mass is 10.2. The third kappa shape index (κ3) is 4.25. The van der Waals surface area contributed by atoms with E-state index in [1.807, 2.05) is 0 Å². The molecule has 0 atom stereocenters. The highest BCUT2D eigenvalue weighted by atomic mass is 32.1. The van der Waals surface area contributed by atoms with Crippen LogP contribution in [-0.4, -0.2) is 18.2 Å². The fraction of sp³-hybridized carbons (Fsp3) is 0.0667. The van der Waals surface area contributed by atoms with Crippen LogP contribution >= 0.6 is 12.2 Å². The van der Waals surface area contributed by atoms with Gasteiger partial charge in [0, 0.05) is 11.4 Å². The fourth-order valence-corrected chi connectivity index (χ4v) is 1.94. The minimum atomic E-state index is -0.428. The zero-order valence-corrected chi connectivity index (χ0v) is 12.0. The number of anilines is 2. The largest absolute Gasteiger partial charge is 0.465 e. The van der Waals surface area contributed by atoms with E-state index in [-0.39, 0.29) is 5.82 Å². The first-order chi connectivity index (χ1) is 10.1. The second-order valence-corrected chi connectivity index (χ2v) is 4.57. The van der Waals surface area contributed by atoms with E-state index < -0.39 is 5.97 Å². The van der Waals surface area contributed by atoms with Crippen molar-refractivity contribution < 1.29 is 13.9 Å². The molecule has 2 aromatic rings. The molecule has 21 heavy (non-hydrogen) atoms. The lowest BCUT2D eigenvalue weighted by molar-refractivity contribution is 0.0601. The Hall–Kier alpha value is -2.47. The Kier molecular flexibility index (Phi) is 4.84. The zero-order valence-electron chi connectivity index (χ0n) is 11.2. The van der Waals surface area contributed by atoms with E-state index >= 15 is 0 Å². The van der Waals surface area contributed by atoms with Gasteiger partial charge in [-0.1, -0.05) is 12.1 Å². The van der Waals surface area contributed by atoms with Crippen LogP contribution in [0.1, 0.15) is 10.4 Å². The molecule has 0 saturated heterocycles. The Morgan fingerprint density at radius 3 is 2.33 bits per heavy atom. The van der Waals surface area contributed by atoms with Gasteiger partial charge in [-0.05, 0) is 48.6 Å². The van der Waals surface area contributed by atoms with Gasteiger partial charge in [0.15, 0.2) is 5.11 Å². The summed E-state index contributed by atoms with van der Waals surface area (Å²) in [6.45, 7) is 0. The van der Waals surface area contributed by atoms with Crippen LogP contribution in [-0.2, 0) is 4.74 Å². The molecule has 0 aliphatic heterocycles. The number of carbonyl (C=O) groups excluding carboxylic acids is 1. The molecule has 6 heteroatoms. The second kappa shape index (κ2) is 6.81. The SMILES string of the molecule is COC(=O)c1cccc(NC(=S)Nc2cccc(F)c2)c1. The molecule has 0 spiro atoms. The topological polar surface area (TPSA) is 50.4 Å². The predicted octanol–water partition coefficient (Wildman–Crippen LogP) is 3.42. The van der Waals surface area contributed by atoms with Gasteiger partial charge in [-0.25, -0.2) is 9.18 Å². The van der Waals surface area contributed by atoms with Crippen LogP contribution in [0.3, 0.4) is 0 Å². The normalized spacial score (nSPS) is 9.81. The summed E-state index contributed by atoms with van der Waals surface area (Å²) < 4.78 is 17.7. The van der Waals surface area contributed by atoms with Gasteiger partial charge >= 0.3 is 5.97 Å². The molecule has 4 nitrogen and oxygen atoms in total. The molecule has 0 bridgehead atoms. The number of rotatable bonds is 3. The van der Waals surface area contributed by atoms with Crippen LogP contribution in [0.4, 0.5) is 15.8 Å². The minimum Gasteiger partial charge on any atom is -0.465 e. The maximum absolute atomic E-state index is 13.1. The third-order valence-electron chi connectivity index (χ3n) is 2.62. The number of nitrogens with one attached hydrogen (secondary N) is 2. The van der Waals surface area contributed by atoms with E-state index in [4.69, 9.17) is 12.2 Å². The molecule has 0 amide bonds. The van der Waals surface area contributed by atoms with E-state index in [0.717, 1.165) is 0 Å². The van der Waals surface area contributed by atoms with Gasteiger partial charge < -0.3 is 15.4 Å². The smallest absolute Gasteiger partial charge is 0.337 e. The van der Waals surface area contributed by atoms with Crippen LogP contribution in [0.5, 0.6) is 0 Å². The molecule has 2 N–H and O–H groups in total. The predicted molar refractivity (Wildman–Crippen MR) is 84.0 cm³/mol. The number of esters is 1. The first kappa shape index (κ1) is 14.9. The molecular formula is C15H13FN2O2S. The Bertz CT molecular complexity index is 676. The summed E-state index contributed by atoms with van der Waals surface area (Å²) in [7, 11) is 1.32. The lowest BCUT2D eigenvalue weighted by Gasteiger charge is -2.11. The molecule has 0 saturated carbocycles. The summed E-state index contributed by atoms with van der Waals surface area (Å²) in [5.74, 6) is -0.779. The number of carbonyl (C=O) groups is 1. The zero-order chi connectivity index (χ0) is 15.2. The van der Waals surface area contributed by atoms with Gasteiger partial charge in [0.05, 0.1) is 12.7 Å². The molecule has 2 rings (SSSR count). The maximum Gasteiger partial charge on any atom is 0.337 e. The van der Waals surface area contributed by atoms with Crippen molar-refractivity contribution in [3.8, 4) is 0 Å². The molecule has 0 aromatic heterocycles. The van der Waals surface area contributed by atoms with Gasteiger partial charge in [-0.15, -0.1) is 0 Å². The molecule has 2 aromatic carbocycles. The Morgan fingerprint density at radius 1 is 1.10 bits per heavy atom. The molecule has 0 radical (unpaired) electrons. The van der Waals surface area contributed by atoms with Crippen LogP contribution in [0.15, 0.2) is 48.5 Å². The van der Waals surface area contributed by atoms with Gasteiger partial charge in [-0.3, -0.25) is 0 Å². The van der Waals surface area contributed by atoms with Crippen molar-refractivity contribution in [3.05, 3.63) is 59.9 Å². The number of hydrogen-bond acceptors (Lipinski definition) is 3. The molecule has 0 aliphatic rings. The van der Waals surface area contributed by atoms with Crippen LogP contribution in [0, 0.1) is 5.82 Å². The van der Waals surface area contributed by atoms with Crippen molar-refractivity contribution in [2.45, 2.75) is 0 Å². The number of halogens is 1.